The Balaban J connectivity index is 2.04. The number of rotatable bonds is 6. The Bertz CT molecular complexity index is 948. The summed E-state index contributed by atoms with van der Waals surface area (Å²) in [4.78, 5) is 21.6. The van der Waals surface area contributed by atoms with Crippen molar-refractivity contribution < 1.29 is 4.79 Å². The number of para-hydroxylation sites is 1. The van der Waals surface area contributed by atoms with Gasteiger partial charge in [0.15, 0.2) is 0 Å². The minimum atomic E-state index is -0.159. The molecule has 0 unspecified atom stereocenters. The molecule has 5 nitrogen and oxygen atoms in total. The Kier molecular flexibility index (Phi) is 5.57. The number of aromatic nitrogens is 3. The molecule has 0 aliphatic heterocycles. The van der Waals surface area contributed by atoms with Crippen molar-refractivity contribution in [2.75, 3.05) is 6.54 Å². The summed E-state index contributed by atoms with van der Waals surface area (Å²) in [5.41, 5.74) is 3.76. The lowest BCUT2D eigenvalue weighted by atomic mass is 10.0. The van der Waals surface area contributed by atoms with Crippen LogP contribution in [0.2, 0.25) is 5.28 Å². The van der Waals surface area contributed by atoms with Crippen LogP contribution in [0.1, 0.15) is 42.4 Å². The maximum atomic E-state index is 12.6. The van der Waals surface area contributed by atoms with E-state index in [1.165, 1.54) is 0 Å². The van der Waals surface area contributed by atoms with Crippen LogP contribution in [0.5, 0.6) is 0 Å². The van der Waals surface area contributed by atoms with E-state index in [0.29, 0.717) is 17.5 Å². The molecule has 0 bridgehead atoms. The summed E-state index contributed by atoms with van der Waals surface area (Å²) in [6.45, 7) is 4.76. The lowest BCUT2D eigenvalue weighted by molar-refractivity contribution is 0.0948. The zero-order valence-electron chi connectivity index (χ0n) is 15.3. The third-order valence-corrected chi connectivity index (χ3v) is 4.93. The number of amides is 1. The minimum Gasteiger partial charge on any atom is -0.351 e. The van der Waals surface area contributed by atoms with E-state index in [0.717, 1.165) is 47.1 Å². The van der Waals surface area contributed by atoms with Gasteiger partial charge in [-0.3, -0.25) is 4.79 Å². The number of hydrogen-bond acceptors (Lipinski definition) is 3. The Hall–Kier alpha value is -2.40. The largest absolute Gasteiger partial charge is 0.351 e. The third kappa shape index (κ3) is 3.58. The topological polar surface area (TPSA) is 59.8 Å². The highest BCUT2D eigenvalue weighted by Crippen LogP contribution is 2.31. The number of imidazole rings is 1. The second-order valence-electron chi connectivity index (χ2n) is 6.41. The number of benzene rings is 1. The third-order valence-electron chi connectivity index (χ3n) is 4.60. The summed E-state index contributed by atoms with van der Waals surface area (Å²) in [6.07, 6.45) is 3.19. The van der Waals surface area contributed by atoms with Gasteiger partial charge in [0.1, 0.15) is 5.69 Å². The van der Waals surface area contributed by atoms with Crippen LogP contribution in [0.4, 0.5) is 0 Å². The molecule has 3 rings (SSSR count). The fourth-order valence-corrected chi connectivity index (χ4v) is 3.17. The van der Waals surface area contributed by atoms with Crippen LogP contribution in [0.15, 0.2) is 30.3 Å². The molecule has 26 heavy (non-hydrogen) atoms. The molecule has 0 fully saturated rings. The molecule has 2 heterocycles. The molecular weight excluding hydrogens is 348 g/mol. The number of hydrogen-bond donors (Lipinski definition) is 1. The van der Waals surface area contributed by atoms with E-state index in [9.17, 15) is 4.79 Å². The Morgan fingerprint density at radius 2 is 2.00 bits per heavy atom. The minimum absolute atomic E-state index is 0.159. The van der Waals surface area contributed by atoms with E-state index in [-0.39, 0.29) is 5.91 Å². The van der Waals surface area contributed by atoms with Crippen molar-refractivity contribution in [1.82, 2.24) is 19.9 Å². The van der Waals surface area contributed by atoms with Gasteiger partial charge < -0.3 is 9.88 Å². The molecule has 0 radical (unpaired) electrons. The first-order valence-electron chi connectivity index (χ1n) is 8.90. The number of nitrogens with zero attached hydrogens (tertiary/aromatic N) is 3. The molecular formula is C20H23ClN4O. The normalized spacial score (nSPS) is 11.1. The van der Waals surface area contributed by atoms with Crippen molar-refractivity contribution in [3.05, 3.63) is 47.0 Å². The molecule has 0 saturated carbocycles. The SMILES string of the molecule is CCCCCNC(=O)c1cc(-c2nc(Cl)n(C)c2C)c2ccccc2n1. The van der Waals surface area contributed by atoms with Crippen LogP contribution in [0.3, 0.4) is 0 Å². The van der Waals surface area contributed by atoms with Gasteiger partial charge >= 0.3 is 0 Å². The monoisotopic (exact) mass is 370 g/mol. The molecule has 136 valence electrons. The van der Waals surface area contributed by atoms with Gasteiger partial charge in [-0.25, -0.2) is 9.97 Å². The Morgan fingerprint density at radius 3 is 2.69 bits per heavy atom. The van der Waals surface area contributed by atoms with Crippen molar-refractivity contribution in [2.45, 2.75) is 33.1 Å². The van der Waals surface area contributed by atoms with Gasteiger partial charge in [-0.05, 0) is 37.1 Å². The predicted octanol–water partition coefficient (Wildman–Crippen LogP) is 4.52. The van der Waals surface area contributed by atoms with Crippen LogP contribution in [0, 0.1) is 6.92 Å². The molecule has 1 aromatic carbocycles. The van der Waals surface area contributed by atoms with Crippen molar-refractivity contribution in [2.24, 2.45) is 7.05 Å². The van der Waals surface area contributed by atoms with E-state index in [1.807, 2.05) is 48.9 Å². The molecule has 1 amide bonds. The number of nitrogens with one attached hydrogen (secondary N) is 1. The highest BCUT2D eigenvalue weighted by molar-refractivity contribution is 6.28. The van der Waals surface area contributed by atoms with Crippen molar-refractivity contribution >= 4 is 28.4 Å². The molecule has 0 spiro atoms. The van der Waals surface area contributed by atoms with E-state index in [1.54, 1.807) is 0 Å². The molecule has 0 saturated heterocycles. The van der Waals surface area contributed by atoms with Gasteiger partial charge in [0, 0.05) is 30.2 Å². The zero-order chi connectivity index (χ0) is 18.7. The Morgan fingerprint density at radius 1 is 1.23 bits per heavy atom. The molecule has 0 aliphatic carbocycles. The molecule has 2 aromatic heterocycles. The van der Waals surface area contributed by atoms with Crippen LogP contribution in [-0.4, -0.2) is 27.0 Å². The highest BCUT2D eigenvalue weighted by atomic mass is 35.5. The number of fused-ring (bicyclic) bond motifs is 1. The average Bonchev–Trinajstić information content (AvgIpc) is 2.91. The summed E-state index contributed by atoms with van der Waals surface area (Å²) < 4.78 is 1.83. The summed E-state index contributed by atoms with van der Waals surface area (Å²) in [5.74, 6) is -0.159. The zero-order valence-corrected chi connectivity index (χ0v) is 16.1. The number of carbonyl (C=O) groups excluding carboxylic acids is 1. The van der Waals surface area contributed by atoms with Gasteiger partial charge in [0.25, 0.3) is 5.91 Å². The van der Waals surface area contributed by atoms with Gasteiger partial charge in [-0.2, -0.15) is 0 Å². The molecule has 0 atom stereocenters. The van der Waals surface area contributed by atoms with E-state index in [4.69, 9.17) is 11.6 Å². The number of carbonyl (C=O) groups is 1. The lowest BCUT2D eigenvalue weighted by Gasteiger charge is -2.10. The number of pyridine rings is 1. The van der Waals surface area contributed by atoms with Crippen molar-refractivity contribution in [3.8, 4) is 11.3 Å². The maximum absolute atomic E-state index is 12.6. The van der Waals surface area contributed by atoms with Crippen LogP contribution >= 0.6 is 11.6 Å². The molecule has 1 N–H and O–H groups in total. The molecule has 3 aromatic rings. The highest BCUT2D eigenvalue weighted by Gasteiger charge is 2.18. The van der Waals surface area contributed by atoms with E-state index in [2.05, 4.69) is 22.2 Å². The van der Waals surface area contributed by atoms with Crippen LogP contribution in [-0.2, 0) is 7.05 Å². The second-order valence-corrected chi connectivity index (χ2v) is 6.75. The van der Waals surface area contributed by atoms with Crippen LogP contribution < -0.4 is 5.32 Å². The van der Waals surface area contributed by atoms with Crippen LogP contribution in [0.25, 0.3) is 22.2 Å². The van der Waals surface area contributed by atoms with E-state index >= 15 is 0 Å². The van der Waals surface area contributed by atoms with Gasteiger partial charge in [-0.1, -0.05) is 38.0 Å². The van der Waals surface area contributed by atoms with Gasteiger partial charge in [0.05, 0.1) is 11.2 Å². The summed E-state index contributed by atoms with van der Waals surface area (Å²) in [6, 6.07) is 9.58. The van der Waals surface area contributed by atoms with Crippen molar-refractivity contribution in [3.63, 3.8) is 0 Å². The van der Waals surface area contributed by atoms with Gasteiger partial charge in [0.2, 0.25) is 5.28 Å². The standard InChI is InChI=1S/C20H23ClN4O/c1-4-5-8-11-22-19(26)17-12-15(14-9-6-7-10-16(14)23-17)18-13(2)25(3)20(21)24-18/h6-7,9-10,12H,4-5,8,11H2,1-3H3,(H,22,26). The quantitative estimate of drug-likeness (QED) is 0.649. The summed E-state index contributed by atoms with van der Waals surface area (Å²) in [7, 11) is 1.87. The lowest BCUT2D eigenvalue weighted by Crippen LogP contribution is -2.25. The average molecular weight is 371 g/mol. The molecule has 6 heteroatoms. The fraction of sp³-hybridized carbons (Fsp3) is 0.350. The Labute approximate surface area is 158 Å². The first-order chi connectivity index (χ1) is 12.5. The first-order valence-corrected chi connectivity index (χ1v) is 9.28. The second kappa shape index (κ2) is 7.87. The maximum Gasteiger partial charge on any atom is 0.269 e. The summed E-state index contributed by atoms with van der Waals surface area (Å²) in [5, 5.41) is 4.33. The number of halogens is 1. The predicted molar refractivity (Wildman–Crippen MR) is 106 cm³/mol. The fourth-order valence-electron chi connectivity index (χ4n) is 2.96. The summed E-state index contributed by atoms with van der Waals surface area (Å²) >= 11 is 6.19. The van der Waals surface area contributed by atoms with Gasteiger partial charge in [-0.15, -0.1) is 0 Å². The van der Waals surface area contributed by atoms with Crippen molar-refractivity contribution in [1.29, 1.82) is 0 Å². The smallest absolute Gasteiger partial charge is 0.269 e. The molecule has 0 aliphatic rings. The van der Waals surface area contributed by atoms with E-state index < -0.39 is 0 Å². The first kappa shape index (κ1) is 18.4. The number of unbranched alkanes of at least 4 members (excludes halogenated alkanes) is 2.